The van der Waals surface area contributed by atoms with Crippen LogP contribution in [0.15, 0.2) is 48.8 Å². The Morgan fingerprint density at radius 1 is 1.18 bits per heavy atom. The number of aliphatic hydroxyl groups excluding tert-OH is 1. The summed E-state index contributed by atoms with van der Waals surface area (Å²) in [5.74, 6) is -0.289. The van der Waals surface area contributed by atoms with Gasteiger partial charge in [-0.25, -0.2) is 9.59 Å². The molecule has 1 aromatic heterocycles. The third-order valence-corrected chi connectivity index (χ3v) is 10.4. The normalized spacial score (nSPS) is 36.7. The Balaban J connectivity index is 1.29. The van der Waals surface area contributed by atoms with Crippen LogP contribution in [0.3, 0.4) is 0 Å². The van der Waals surface area contributed by atoms with Gasteiger partial charge in [-0.2, -0.15) is 0 Å². The van der Waals surface area contributed by atoms with E-state index in [1.165, 1.54) is 23.5 Å². The van der Waals surface area contributed by atoms with Gasteiger partial charge in [0.15, 0.2) is 6.10 Å². The van der Waals surface area contributed by atoms with Gasteiger partial charge < -0.3 is 24.6 Å². The average Bonchev–Trinajstić information content (AvgIpc) is 3.53. The maximum atomic E-state index is 13.5. The highest BCUT2D eigenvalue weighted by atomic mass is 16.6. The second-order valence-electron chi connectivity index (χ2n) is 12.1. The SMILES string of the molecule is CCOC(=O)N[C@@H](c1ccncc1)[C@@H](O)C(=O)OC1CC2C(C)(C)C1(C)[C@@]13C[C@@H](C)c4ccccc4[C@@]21O3. The highest BCUT2D eigenvalue weighted by Crippen LogP contribution is 2.89. The van der Waals surface area contributed by atoms with Gasteiger partial charge in [0.2, 0.25) is 0 Å². The van der Waals surface area contributed by atoms with Crippen molar-refractivity contribution in [3.63, 3.8) is 0 Å². The Hall–Kier alpha value is -2.97. The minimum Gasteiger partial charge on any atom is -0.460 e. The standard InChI is InChI=1S/C30H36N2O6/c1-6-36-26(35)32-23(18-11-13-31-14-12-18)24(33)25(34)37-22-15-21-27(3,4)28(22,5)29-16-17(2)19-9-7-8-10-20(19)30(21,29)38-29/h7-14,17,21-24,33H,6,15-16H2,1-5H3,(H,32,35)/t17-,21?,22?,23+,24-,28?,29+,30-/m1/s1. The fraction of sp³-hybridized carbons (Fsp3) is 0.567. The zero-order chi connectivity index (χ0) is 27.1. The molecule has 1 aliphatic heterocycles. The van der Waals surface area contributed by atoms with Crippen molar-refractivity contribution in [2.24, 2.45) is 16.7 Å². The molecule has 3 unspecified atom stereocenters. The Morgan fingerprint density at radius 2 is 1.89 bits per heavy atom. The van der Waals surface area contributed by atoms with E-state index in [1.807, 2.05) is 0 Å². The summed E-state index contributed by atoms with van der Waals surface area (Å²) in [5.41, 5.74) is 1.75. The zero-order valence-corrected chi connectivity index (χ0v) is 22.6. The summed E-state index contributed by atoms with van der Waals surface area (Å²) in [4.78, 5) is 29.7. The lowest BCUT2D eigenvalue weighted by Gasteiger charge is -2.46. The number of fused-ring (bicyclic) bond motifs is 3. The Labute approximate surface area is 223 Å². The van der Waals surface area contributed by atoms with E-state index in [9.17, 15) is 14.7 Å². The number of ether oxygens (including phenoxy) is 3. The Bertz CT molecular complexity index is 1280. The first-order chi connectivity index (χ1) is 18.0. The summed E-state index contributed by atoms with van der Waals surface area (Å²) < 4.78 is 18.0. The molecule has 1 amide bonds. The monoisotopic (exact) mass is 520 g/mol. The first-order valence-electron chi connectivity index (χ1n) is 13.6. The van der Waals surface area contributed by atoms with E-state index in [0.29, 0.717) is 17.9 Å². The quantitative estimate of drug-likeness (QED) is 0.430. The molecule has 2 aromatic rings. The molecule has 3 aliphatic carbocycles. The lowest BCUT2D eigenvalue weighted by Crippen LogP contribution is -2.53. The maximum absolute atomic E-state index is 13.5. The van der Waals surface area contributed by atoms with Crippen LogP contribution >= 0.6 is 0 Å². The van der Waals surface area contributed by atoms with Gasteiger partial charge >= 0.3 is 12.1 Å². The van der Waals surface area contributed by atoms with Crippen molar-refractivity contribution in [3.05, 3.63) is 65.5 Å². The minimum atomic E-state index is -1.62. The van der Waals surface area contributed by atoms with Crippen molar-refractivity contribution in [1.82, 2.24) is 10.3 Å². The van der Waals surface area contributed by atoms with E-state index in [2.05, 4.69) is 62.3 Å². The number of hydrogen-bond acceptors (Lipinski definition) is 7. The lowest BCUT2D eigenvalue weighted by molar-refractivity contribution is -0.173. The lowest BCUT2D eigenvalue weighted by atomic mass is 9.58. The number of benzene rings is 1. The van der Waals surface area contributed by atoms with E-state index >= 15 is 0 Å². The highest BCUT2D eigenvalue weighted by Gasteiger charge is 2.95. The predicted octanol–water partition coefficient (Wildman–Crippen LogP) is 4.38. The summed E-state index contributed by atoms with van der Waals surface area (Å²) >= 11 is 0. The number of carbonyl (C=O) groups is 2. The largest absolute Gasteiger partial charge is 0.460 e. The molecule has 0 radical (unpaired) electrons. The summed E-state index contributed by atoms with van der Waals surface area (Å²) in [6, 6.07) is 10.8. The minimum absolute atomic E-state index is 0.161. The second kappa shape index (κ2) is 8.26. The number of aromatic nitrogens is 1. The number of alkyl carbamates (subject to hydrolysis) is 1. The molecule has 1 aromatic carbocycles. The molecule has 0 spiro atoms. The number of rotatable bonds is 6. The Morgan fingerprint density at radius 3 is 2.61 bits per heavy atom. The fourth-order valence-corrected chi connectivity index (χ4v) is 8.47. The molecule has 8 heteroatoms. The molecule has 2 N–H and O–H groups in total. The maximum Gasteiger partial charge on any atom is 0.407 e. The smallest absolute Gasteiger partial charge is 0.407 e. The van der Waals surface area contributed by atoms with Crippen LogP contribution < -0.4 is 5.32 Å². The molecule has 1 saturated heterocycles. The van der Waals surface area contributed by atoms with Crippen molar-refractivity contribution >= 4 is 12.1 Å². The van der Waals surface area contributed by atoms with Crippen molar-refractivity contribution in [2.45, 2.75) is 82.8 Å². The third kappa shape index (κ3) is 2.96. The van der Waals surface area contributed by atoms with Crippen LogP contribution in [0.1, 0.15) is 76.1 Å². The van der Waals surface area contributed by atoms with Crippen molar-refractivity contribution < 1.29 is 28.9 Å². The third-order valence-electron chi connectivity index (χ3n) is 10.4. The predicted molar refractivity (Wildman–Crippen MR) is 138 cm³/mol. The topological polar surface area (TPSA) is 110 Å². The van der Waals surface area contributed by atoms with Crippen molar-refractivity contribution in [1.29, 1.82) is 0 Å². The van der Waals surface area contributed by atoms with Crippen LogP contribution in [0.25, 0.3) is 0 Å². The molecule has 202 valence electrons. The van der Waals surface area contributed by atoms with Gasteiger partial charge in [-0.3, -0.25) is 4.98 Å². The molecule has 3 fully saturated rings. The molecule has 2 bridgehead atoms. The molecule has 8 nitrogen and oxygen atoms in total. The van der Waals surface area contributed by atoms with Crippen LogP contribution in [-0.2, 0) is 24.6 Å². The molecular formula is C30H36N2O6. The summed E-state index contributed by atoms with van der Waals surface area (Å²) in [6.45, 7) is 10.8. The molecular weight excluding hydrogens is 484 g/mol. The number of pyridine rings is 1. The second-order valence-corrected chi connectivity index (χ2v) is 12.1. The van der Waals surface area contributed by atoms with Crippen LogP contribution in [0, 0.1) is 16.7 Å². The van der Waals surface area contributed by atoms with Gasteiger partial charge in [-0.05, 0) is 59.9 Å². The number of nitrogens with zero attached hydrogens (tertiary/aromatic N) is 1. The van der Waals surface area contributed by atoms with Gasteiger partial charge in [0, 0.05) is 23.7 Å². The van der Waals surface area contributed by atoms with Gasteiger partial charge in [0.05, 0.1) is 12.6 Å². The summed E-state index contributed by atoms with van der Waals surface area (Å²) in [6.07, 6.45) is 1.81. The van der Waals surface area contributed by atoms with Gasteiger partial charge in [-0.1, -0.05) is 52.0 Å². The van der Waals surface area contributed by atoms with Crippen molar-refractivity contribution in [2.75, 3.05) is 6.61 Å². The molecule has 38 heavy (non-hydrogen) atoms. The van der Waals surface area contributed by atoms with E-state index in [0.717, 1.165) is 6.42 Å². The molecule has 6 rings (SSSR count). The van der Waals surface area contributed by atoms with Crippen molar-refractivity contribution in [3.8, 4) is 0 Å². The first kappa shape index (κ1) is 25.3. The highest BCUT2D eigenvalue weighted by molar-refractivity contribution is 5.78. The zero-order valence-electron chi connectivity index (χ0n) is 22.6. The van der Waals surface area contributed by atoms with Crippen LogP contribution in [0.5, 0.6) is 0 Å². The van der Waals surface area contributed by atoms with Gasteiger partial charge in [0.1, 0.15) is 17.3 Å². The number of aliphatic hydroxyl groups is 1. The van der Waals surface area contributed by atoms with E-state index < -0.39 is 41.3 Å². The molecule has 8 atom stereocenters. The summed E-state index contributed by atoms with van der Waals surface area (Å²) in [7, 11) is 0. The van der Waals surface area contributed by atoms with Crippen LogP contribution in [0.2, 0.25) is 0 Å². The number of epoxide rings is 1. The van der Waals surface area contributed by atoms with Gasteiger partial charge in [0.25, 0.3) is 0 Å². The molecule has 2 heterocycles. The summed E-state index contributed by atoms with van der Waals surface area (Å²) in [5, 5.41) is 13.8. The molecule has 2 saturated carbocycles. The number of esters is 1. The first-order valence-corrected chi connectivity index (χ1v) is 13.6. The van der Waals surface area contributed by atoms with E-state index in [1.54, 1.807) is 19.1 Å². The number of nitrogens with one attached hydrogen (secondary N) is 1. The van der Waals surface area contributed by atoms with E-state index in [4.69, 9.17) is 14.2 Å². The van der Waals surface area contributed by atoms with E-state index in [-0.39, 0.29) is 23.5 Å². The number of hydrogen-bond donors (Lipinski definition) is 2. The average molecular weight is 521 g/mol. The van der Waals surface area contributed by atoms with Crippen LogP contribution in [-0.4, -0.2) is 46.6 Å². The van der Waals surface area contributed by atoms with Gasteiger partial charge in [-0.15, -0.1) is 0 Å². The number of carbonyl (C=O) groups excluding carboxylic acids is 2. The fourth-order valence-electron chi connectivity index (χ4n) is 8.47. The van der Waals surface area contributed by atoms with Crippen LogP contribution in [0.4, 0.5) is 4.79 Å². The number of amides is 1. The molecule has 4 aliphatic rings. The Kier molecular flexibility index (Phi) is 5.50.